The number of hydrogen-bond donors (Lipinski definition) is 3. The van der Waals surface area contributed by atoms with Crippen molar-refractivity contribution in [2.24, 2.45) is 0 Å². The molecule has 2 atom stereocenters. The maximum absolute atomic E-state index is 14.0. The predicted molar refractivity (Wildman–Crippen MR) is 112 cm³/mol. The highest BCUT2D eigenvalue weighted by Gasteiger charge is 2.45. The van der Waals surface area contributed by atoms with Crippen molar-refractivity contribution in [1.29, 1.82) is 0 Å². The normalized spacial score (nSPS) is 18.8. The smallest absolute Gasteiger partial charge is 0.274 e. The second-order valence-electron chi connectivity index (χ2n) is 8.06. The molecule has 4 rings (SSSR count). The van der Waals surface area contributed by atoms with Gasteiger partial charge in [0.2, 0.25) is 11.3 Å². The first-order valence-electron chi connectivity index (χ1n) is 10.4. The lowest BCUT2D eigenvalue weighted by molar-refractivity contribution is -0.119. The Balaban J connectivity index is 1.80. The summed E-state index contributed by atoms with van der Waals surface area (Å²) in [6.45, 7) is 3.35. The number of benzene rings is 1. The van der Waals surface area contributed by atoms with E-state index in [-0.39, 0.29) is 36.1 Å². The lowest BCUT2D eigenvalue weighted by atomic mass is 10.0. The van der Waals surface area contributed by atoms with Crippen LogP contribution in [0.1, 0.15) is 64.5 Å². The zero-order valence-corrected chi connectivity index (χ0v) is 17.9. The molecule has 2 aliphatic rings. The van der Waals surface area contributed by atoms with Gasteiger partial charge >= 0.3 is 0 Å². The second kappa shape index (κ2) is 8.30. The zero-order chi connectivity index (χ0) is 24.0. The van der Waals surface area contributed by atoms with E-state index in [4.69, 9.17) is 0 Å². The van der Waals surface area contributed by atoms with Crippen LogP contribution in [0.4, 0.5) is 8.78 Å². The van der Waals surface area contributed by atoms with Crippen LogP contribution in [-0.4, -0.2) is 45.4 Å². The number of rotatable bonds is 5. The molecule has 3 heterocycles. The summed E-state index contributed by atoms with van der Waals surface area (Å²) in [6.07, 6.45) is 0.312. The van der Waals surface area contributed by atoms with Crippen molar-refractivity contribution in [1.82, 2.24) is 20.1 Å². The lowest BCUT2D eigenvalue weighted by Gasteiger charge is -2.33. The number of halogens is 2. The van der Waals surface area contributed by atoms with Crippen molar-refractivity contribution in [2.75, 3.05) is 13.1 Å². The Labute approximate surface area is 187 Å². The minimum atomic E-state index is -1.06. The van der Waals surface area contributed by atoms with E-state index in [1.165, 1.54) is 16.4 Å². The Morgan fingerprint density at radius 3 is 2.61 bits per heavy atom. The van der Waals surface area contributed by atoms with Crippen molar-refractivity contribution in [3.8, 4) is 5.75 Å². The number of nitrogens with zero attached hydrogens (tertiary/aromatic N) is 2. The Morgan fingerprint density at radius 2 is 1.97 bits per heavy atom. The van der Waals surface area contributed by atoms with Gasteiger partial charge in [-0.15, -0.1) is 0 Å². The highest BCUT2D eigenvalue weighted by Crippen LogP contribution is 2.42. The fourth-order valence-electron chi connectivity index (χ4n) is 4.55. The molecule has 3 N–H and O–H groups in total. The molecule has 2 aromatic rings. The topological polar surface area (TPSA) is 121 Å². The molecule has 33 heavy (non-hydrogen) atoms. The Hall–Kier alpha value is -3.76. The van der Waals surface area contributed by atoms with Crippen LogP contribution >= 0.6 is 0 Å². The molecule has 0 spiro atoms. The summed E-state index contributed by atoms with van der Waals surface area (Å²) in [7, 11) is 0. The molecule has 9 nitrogen and oxygen atoms in total. The van der Waals surface area contributed by atoms with Crippen LogP contribution in [-0.2, 0) is 11.3 Å². The van der Waals surface area contributed by atoms with E-state index in [0.29, 0.717) is 19.0 Å². The molecule has 0 saturated carbocycles. The number of aromatic nitrogens is 1. The fourth-order valence-corrected chi connectivity index (χ4v) is 4.55. The third-order valence-electron chi connectivity index (χ3n) is 5.99. The minimum Gasteiger partial charge on any atom is -0.503 e. The molecule has 0 bridgehead atoms. The third-order valence-corrected chi connectivity index (χ3v) is 5.99. The SMILES string of the molecule is CCN1C[C@H]2C[C@@H](NC(C)=O)c3c(C(=O)NCc4ccc(F)cc4F)c(=O)c(O)c(n32)C1=O. The molecule has 3 amide bonds. The molecule has 1 aromatic carbocycles. The van der Waals surface area contributed by atoms with Gasteiger partial charge in [-0.05, 0) is 19.4 Å². The van der Waals surface area contributed by atoms with Gasteiger partial charge in [-0.2, -0.15) is 0 Å². The summed E-state index contributed by atoms with van der Waals surface area (Å²) in [6, 6.07) is 1.76. The van der Waals surface area contributed by atoms with Gasteiger partial charge in [0.05, 0.1) is 17.8 Å². The number of amides is 3. The van der Waals surface area contributed by atoms with Crippen LogP contribution < -0.4 is 16.1 Å². The molecule has 11 heteroatoms. The van der Waals surface area contributed by atoms with E-state index < -0.39 is 52.1 Å². The van der Waals surface area contributed by atoms with E-state index >= 15 is 0 Å². The third kappa shape index (κ3) is 3.73. The fraction of sp³-hybridized carbons (Fsp3) is 0.364. The summed E-state index contributed by atoms with van der Waals surface area (Å²) in [5, 5.41) is 15.7. The quantitative estimate of drug-likeness (QED) is 0.622. The van der Waals surface area contributed by atoms with Crippen LogP contribution in [0.2, 0.25) is 0 Å². The first kappa shape index (κ1) is 22.4. The summed E-state index contributed by atoms with van der Waals surface area (Å²) in [5.41, 5.74) is -1.60. The van der Waals surface area contributed by atoms with E-state index in [9.17, 15) is 33.1 Å². The molecule has 0 aliphatic carbocycles. The predicted octanol–water partition coefficient (Wildman–Crippen LogP) is 1.36. The van der Waals surface area contributed by atoms with Crippen LogP contribution in [0.25, 0.3) is 0 Å². The van der Waals surface area contributed by atoms with Gasteiger partial charge in [-0.1, -0.05) is 6.07 Å². The number of aromatic hydroxyl groups is 1. The average molecular weight is 460 g/mol. The van der Waals surface area contributed by atoms with Crippen LogP contribution in [0.15, 0.2) is 23.0 Å². The number of hydrogen-bond acceptors (Lipinski definition) is 5. The maximum atomic E-state index is 14.0. The van der Waals surface area contributed by atoms with E-state index in [1.54, 1.807) is 6.92 Å². The average Bonchev–Trinajstić information content (AvgIpc) is 3.08. The Kier molecular flexibility index (Phi) is 5.64. The lowest BCUT2D eigenvalue weighted by Crippen LogP contribution is -2.44. The number of carbonyl (C=O) groups excluding carboxylic acids is 3. The highest BCUT2D eigenvalue weighted by molar-refractivity contribution is 6.00. The first-order chi connectivity index (χ1) is 15.6. The van der Waals surface area contributed by atoms with Gasteiger partial charge in [-0.3, -0.25) is 19.2 Å². The second-order valence-corrected chi connectivity index (χ2v) is 8.06. The molecule has 1 aromatic heterocycles. The minimum absolute atomic E-state index is 0.00601. The first-order valence-corrected chi connectivity index (χ1v) is 10.4. The maximum Gasteiger partial charge on any atom is 0.274 e. The van der Waals surface area contributed by atoms with Crippen LogP contribution in [0, 0.1) is 11.6 Å². The van der Waals surface area contributed by atoms with Crippen molar-refractivity contribution in [3.63, 3.8) is 0 Å². The van der Waals surface area contributed by atoms with E-state index in [2.05, 4.69) is 10.6 Å². The summed E-state index contributed by atoms with van der Waals surface area (Å²) >= 11 is 0. The van der Waals surface area contributed by atoms with Gasteiger partial charge in [0.1, 0.15) is 17.2 Å². The van der Waals surface area contributed by atoms with Gasteiger partial charge in [-0.25, -0.2) is 8.78 Å². The van der Waals surface area contributed by atoms with Crippen LogP contribution in [0.3, 0.4) is 0 Å². The van der Waals surface area contributed by atoms with Crippen molar-refractivity contribution < 1.29 is 28.3 Å². The van der Waals surface area contributed by atoms with Crippen LogP contribution in [0.5, 0.6) is 5.75 Å². The Bertz CT molecular complexity index is 1240. The molecule has 0 fully saturated rings. The molecule has 0 unspecified atom stereocenters. The number of nitrogens with one attached hydrogen (secondary N) is 2. The van der Waals surface area contributed by atoms with Gasteiger partial charge < -0.3 is 25.2 Å². The summed E-state index contributed by atoms with van der Waals surface area (Å²) < 4.78 is 28.6. The molecule has 174 valence electrons. The van der Waals surface area contributed by atoms with Gasteiger partial charge in [0, 0.05) is 38.2 Å². The summed E-state index contributed by atoms with van der Waals surface area (Å²) in [4.78, 5) is 52.3. The highest BCUT2D eigenvalue weighted by atomic mass is 19.1. The van der Waals surface area contributed by atoms with Gasteiger partial charge in [0.15, 0.2) is 11.4 Å². The van der Waals surface area contributed by atoms with Crippen molar-refractivity contribution in [2.45, 2.75) is 38.9 Å². The van der Waals surface area contributed by atoms with Gasteiger partial charge in [0.25, 0.3) is 11.8 Å². The molecular weight excluding hydrogens is 438 g/mol. The molecule has 2 aliphatic heterocycles. The molecule has 0 saturated heterocycles. The van der Waals surface area contributed by atoms with E-state index in [1.807, 2.05) is 0 Å². The number of pyridine rings is 1. The largest absolute Gasteiger partial charge is 0.503 e. The zero-order valence-electron chi connectivity index (χ0n) is 17.9. The standard InChI is InChI=1S/C22H22F2N4O5/c1-3-27-9-13-7-15(26-10(2)29)17-16(19(30)20(31)18(22(27)33)28(13)17)21(32)25-8-11-4-5-12(23)6-14(11)24/h4-6,13,15,31H,3,7-9H2,1-2H3,(H,25,32)(H,26,29)/t13-,15-/m1/s1. The summed E-state index contributed by atoms with van der Waals surface area (Å²) in [5.74, 6) is -4.35. The van der Waals surface area contributed by atoms with E-state index in [0.717, 1.165) is 12.1 Å². The number of carbonyl (C=O) groups is 3. The molecular formula is C22H22F2N4O5. The Morgan fingerprint density at radius 1 is 1.24 bits per heavy atom. The molecule has 0 radical (unpaired) electrons. The number of likely N-dealkylation sites (N-methyl/N-ethyl adjacent to an activating group) is 1. The van der Waals surface area contributed by atoms with Crippen molar-refractivity contribution in [3.05, 3.63) is 62.6 Å². The monoisotopic (exact) mass is 460 g/mol. The van der Waals surface area contributed by atoms with Crippen molar-refractivity contribution >= 4 is 17.7 Å².